The highest BCUT2D eigenvalue weighted by Crippen LogP contribution is 2.20. The number of aromatic nitrogens is 2. The normalized spacial score (nSPS) is 10.6. The molecule has 3 aromatic rings. The molecular weight excluding hydrogens is 333 g/mol. The summed E-state index contributed by atoms with van der Waals surface area (Å²) in [7, 11) is 0. The van der Waals surface area contributed by atoms with E-state index in [-0.39, 0.29) is 5.91 Å². The lowest BCUT2D eigenvalue weighted by atomic mass is 10.2. The molecule has 3 rings (SSSR count). The Morgan fingerprint density at radius 3 is 2.57 bits per heavy atom. The van der Waals surface area contributed by atoms with Crippen LogP contribution < -0.4 is 5.32 Å². The van der Waals surface area contributed by atoms with Crippen molar-refractivity contribution in [2.45, 2.75) is 6.92 Å². The molecule has 0 radical (unpaired) electrons. The van der Waals surface area contributed by atoms with Crippen LogP contribution in [0.4, 0.5) is 5.69 Å². The van der Waals surface area contributed by atoms with Crippen molar-refractivity contribution in [3.05, 3.63) is 76.0 Å². The monoisotopic (exact) mass is 345 g/mol. The number of nitrogens with one attached hydrogen (secondary N) is 1. The van der Waals surface area contributed by atoms with Gasteiger partial charge < -0.3 is 5.32 Å². The fourth-order valence-electron chi connectivity index (χ4n) is 2.05. The number of hydrogen-bond donors (Lipinski definition) is 1. The second kappa shape index (κ2) is 6.44. The van der Waals surface area contributed by atoms with Crippen molar-refractivity contribution in [3.8, 4) is 5.69 Å². The molecule has 0 aliphatic carbocycles. The first kappa shape index (κ1) is 15.6. The van der Waals surface area contributed by atoms with E-state index in [1.54, 1.807) is 29.1 Å². The third-order valence-electron chi connectivity index (χ3n) is 3.37. The Balaban J connectivity index is 1.78. The minimum absolute atomic E-state index is 0.245. The van der Waals surface area contributed by atoms with Gasteiger partial charge in [0, 0.05) is 21.9 Å². The summed E-state index contributed by atoms with van der Waals surface area (Å²) in [4.78, 5) is 12.3. The van der Waals surface area contributed by atoms with E-state index in [4.69, 9.17) is 23.2 Å². The van der Waals surface area contributed by atoms with E-state index in [9.17, 15) is 4.79 Å². The van der Waals surface area contributed by atoms with E-state index in [1.165, 1.54) is 6.20 Å². The van der Waals surface area contributed by atoms with Gasteiger partial charge in [0.25, 0.3) is 5.91 Å². The Bertz CT molecular complexity index is 857. The number of carbonyl (C=O) groups excluding carboxylic acids is 1. The van der Waals surface area contributed by atoms with Crippen molar-refractivity contribution in [2.24, 2.45) is 0 Å². The summed E-state index contributed by atoms with van der Waals surface area (Å²) in [5.74, 6) is -0.245. The van der Waals surface area contributed by atoms with Crippen LogP contribution in [0.15, 0.2) is 54.9 Å². The zero-order valence-electron chi connectivity index (χ0n) is 12.3. The van der Waals surface area contributed by atoms with Gasteiger partial charge in [-0.2, -0.15) is 5.10 Å². The average molecular weight is 346 g/mol. The molecule has 23 heavy (non-hydrogen) atoms. The molecule has 6 heteroatoms. The Kier molecular flexibility index (Phi) is 4.37. The lowest BCUT2D eigenvalue weighted by Gasteiger charge is -2.05. The summed E-state index contributed by atoms with van der Waals surface area (Å²) in [5.41, 5.74) is 2.88. The number of aryl methyl sites for hydroxylation is 1. The summed E-state index contributed by atoms with van der Waals surface area (Å²) in [6, 6.07) is 12.6. The Labute approximate surface area is 143 Å². The van der Waals surface area contributed by atoms with Gasteiger partial charge in [-0.3, -0.25) is 4.79 Å². The number of rotatable bonds is 3. The molecule has 2 aromatic carbocycles. The van der Waals surface area contributed by atoms with Crippen LogP contribution in [0.5, 0.6) is 0 Å². The van der Waals surface area contributed by atoms with Crippen LogP contribution >= 0.6 is 23.2 Å². The molecule has 4 nitrogen and oxygen atoms in total. The number of benzene rings is 2. The molecule has 0 saturated heterocycles. The van der Waals surface area contributed by atoms with Crippen molar-refractivity contribution in [3.63, 3.8) is 0 Å². The summed E-state index contributed by atoms with van der Waals surface area (Å²) in [6.07, 6.45) is 3.17. The largest absolute Gasteiger partial charge is 0.322 e. The second-order valence-electron chi connectivity index (χ2n) is 5.07. The molecule has 1 heterocycles. The van der Waals surface area contributed by atoms with Crippen LogP contribution in [0.3, 0.4) is 0 Å². The van der Waals surface area contributed by atoms with Crippen molar-refractivity contribution in [1.82, 2.24) is 9.78 Å². The molecule has 1 amide bonds. The van der Waals surface area contributed by atoms with Gasteiger partial charge in [-0.15, -0.1) is 0 Å². The summed E-state index contributed by atoms with van der Waals surface area (Å²) >= 11 is 11.9. The third-order valence-corrected chi connectivity index (χ3v) is 4.02. The van der Waals surface area contributed by atoms with Crippen LogP contribution in [0.2, 0.25) is 10.0 Å². The van der Waals surface area contributed by atoms with Crippen LogP contribution in [0.25, 0.3) is 5.69 Å². The molecule has 0 aliphatic heterocycles. The lowest BCUT2D eigenvalue weighted by molar-refractivity contribution is 0.102. The maximum absolute atomic E-state index is 12.3. The third kappa shape index (κ3) is 3.55. The molecule has 1 aromatic heterocycles. The zero-order chi connectivity index (χ0) is 16.4. The molecule has 0 fully saturated rings. The molecule has 0 saturated carbocycles. The SMILES string of the molecule is Cc1ccc(NC(=O)c2cnn(-c3ccc(Cl)cc3)c2)cc1Cl. The van der Waals surface area contributed by atoms with E-state index in [1.807, 2.05) is 31.2 Å². The minimum Gasteiger partial charge on any atom is -0.322 e. The zero-order valence-corrected chi connectivity index (χ0v) is 13.8. The van der Waals surface area contributed by atoms with E-state index in [0.29, 0.717) is 21.3 Å². The van der Waals surface area contributed by atoms with E-state index in [0.717, 1.165) is 11.3 Å². The number of carbonyl (C=O) groups is 1. The molecule has 1 N–H and O–H groups in total. The minimum atomic E-state index is -0.245. The van der Waals surface area contributed by atoms with Gasteiger partial charge in [0.15, 0.2) is 0 Å². The highest BCUT2D eigenvalue weighted by Gasteiger charge is 2.10. The quantitative estimate of drug-likeness (QED) is 0.745. The number of nitrogens with zero attached hydrogens (tertiary/aromatic N) is 2. The Morgan fingerprint density at radius 2 is 1.87 bits per heavy atom. The van der Waals surface area contributed by atoms with Gasteiger partial charge in [-0.25, -0.2) is 4.68 Å². The Hall–Kier alpha value is -2.30. The first-order valence-electron chi connectivity index (χ1n) is 6.91. The molecule has 116 valence electrons. The van der Waals surface area contributed by atoms with Gasteiger partial charge in [0.2, 0.25) is 0 Å². The highest BCUT2D eigenvalue weighted by atomic mass is 35.5. The van der Waals surface area contributed by atoms with E-state index in [2.05, 4.69) is 10.4 Å². The second-order valence-corrected chi connectivity index (χ2v) is 5.91. The van der Waals surface area contributed by atoms with Gasteiger partial charge in [-0.05, 0) is 48.9 Å². The van der Waals surface area contributed by atoms with Crippen LogP contribution in [0.1, 0.15) is 15.9 Å². The number of hydrogen-bond acceptors (Lipinski definition) is 2. The molecule has 0 unspecified atom stereocenters. The van der Waals surface area contributed by atoms with Crippen molar-refractivity contribution < 1.29 is 4.79 Å². The summed E-state index contributed by atoms with van der Waals surface area (Å²) in [6.45, 7) is 1.91. The highest BCUT2D eigenvalue weighted by molar-refractivity contribution is 6.31. The fourth-order valence-corrected chi connectivity index (χ4v) is 2.36. The topological polar surface area (TPSA) is 46.9 Å². The first-order chi connectivity index (χ1) is 11.0. The Morgan fingerprint density at radius 1 is 1.13 bits per heavy atom. The molecule has 0 bridgehead atoms. The standard InChI is InChI=1S/C17H13Cl2N3O/c1-11-2-5-14(8-16(11)19)21-17(23)12-9-20-22(10-12)15-6-3-13(18)4-7-15/h2-10H,1H3,(H,21,23). The van der Waals surface area contributed by atoms with E-state index < -0.39 is 0 Å². The number of amides is 1. The lowest BCUT2D eigenvalue weighted by Crippen LogP contribution is -2.11. The van der Waals surface area contributed by atoms with Crippen molar-refractivity contribution in [2.75, 3.05) is 5.32 Å². The summed E-state index contributed by atoms with van der Waals surface area (Å²) < 4.78 is 1.62. The van der Waals surface area contributed by atoms with Crippen molar-refractivity contribution >= 4 is 34.8 Å². The van der Waals surface area contributed by atoms with Crippen molar-refractivity contribution in [1.29, 1.82) is 0 Å². The molecule has 0 aliphatic rings. The van der Waals surface area contributed by atoms with E-state index >= 15 is 0 Å². The van der Waals surface area contributed by atoms with Crippen LogP contribution in [-0.2, 0) is 0 Å². The molecule has 0 spiro atoms. The fraction of sp³-hybridized carbons (Fsp3) is 0.0588. The smallest absolute Gasteiger partial charge is 0.258 e. The van der Waals surface area contributed by atoms with Crippen LogP contribution in [-0.4, -0.2) is 15.7 Å². The van der Waals surface area contributed by atoms with Gasteiger partial charge in [0.05, 0.1) is 17.4 Å². The van der Waals surface area contributed by atoms with Gasteiger partial charge in [0.1, 0.15) is 0 Å². The van der Waals surface area contributed by atoms with Crippen LogP contribution in [0, 0.1) is 6.92 Å². The molecule has 0 atom stereocenters. The maximum Gasteiger partial charge on any atom is 0.258 e. The first-order valence-corrected chi connectivity index (χ1v) is 7.66. The van der Waals surface area contributed by atoms with Gasteiger partial charge in [-0.1, -0.05) is 29.3 Å². The van der Waals surface area contributed by atoms with Gasteiger partial charge >= 0.3 is 0 Å². The molecular formula is C17H13Cl2N3O. The maximum atomic E-state index is 12.3. The summed E-state index contributed by atoms with van der Waals surface area (Å²) in [5, 5.41) is 8.26. The number of anilines is 1. The predicted molar refractivity (Wildman–Crippen MR) is 92.7 cm³/mol. The average Bonchev–Trinajstić information content (AvgIpc) is 3.02. The predicted octanol–water partition coefficient (Wildman–Crippen LogP) is 4.74. The number of halogens is 2.